The first kappa shape index (κ1) is 13.5. The van der Waals surface area contributed by atoms with Gasteiger partial charge in [-0.15, -0.1) is 22.7 Å². The zero-order valence-corrected chi connectivity index (χ0v) is 10.7. The van der Waals surface area contributed by atoms with Gasteiger partial charge in [-0.2, -0.15) is 18.7 Å². The largest absolute Gasteiger partial charge is 0.413 e. The fourth-order valence-electron chi connectivity index (χ4n) is 1.37. The van der Waals surface area contributed by atoms with Gasteiger partial charge in [0.05, 0.1) is 0 Å². The fraction of sp³-hybridized carbons (Fsp3) is 0.273. The molecule has 0 saturated carbocycles. The van der Waals surface area contributed by atoms with Gasteiger partial charge in [-0.05, 0) is 22.9 Å². The van der Waals surface area contributed by atoms with Crippen molar-refractivity contribution in [3.05, 3.63) is 44.8 Å². The fourth-order valence-corrected chi connectivity index (χ4v) is 3.01. The summed E-state index contributed by atoms with van der Waals surface area (Å²) < 4.78 is 36.1. The van der Waals surface area contributed by atoms with Gasteiger partial charge in [-0.1, -0.05) is 12.1 Å². The van der Waals surface area contributed by atoms with Gasteiger partial charge in [0, 0.05) is 9.75 Å². The van der Waals surface area contributed by atoms with Gasteiger partial charge in [0.2, 0.25) is 0 Å². The average molecular weight is 293 g/mol. The summed E-state index contributed by atoms with van der Waals surface area (Å²) in [6.07, 6.45) is -4.33. The van der Waals surface area contributed by atoms with E-state index >= 15 is 0 Å². The molecule has 0 fully saturated rings. The molecule has 0 amide bonds. The van der Waals surface area contributed by atoms with E-state index in [0.29, 0.717) is 0 Å². The molecule has 2 heterocycles. The maximum absolute atomic E-state index is 12.0. The lowest BCUT2D eigenvalue weighted by atomic mass is 10.2. The van der Waals surface area contributed by atoms with E-state index in [0.717, 1.165) is 9.75 Å². The van der Waals surface area contributed by atoms with Gasteiger partial charge >= 0.3 is 6.18 Å². The number of hydroxylamine groups is 1. The molecule has 18 heavy (non-hydrogen) atoms. The number of thiophene rings is 2. The molecule has 0 aliphatic rings. The Kier molecular flexibility index (Phi) is 4.39. The van der Waals surface area contributed by atoms with Crippen LogP contribution in [0.15, 0.2) is 35.0 Å². The van der Waals surface area contributed by atoms with Gasteiger partial charge in [0.1, 0.15) is 6.04 Å². The van der Waals surface area contributed by atoms with Gasteiger partial charge < -0.3 is 0 Å². The number of halogens is 3. The molecule has 0 atom stereocenters. The maximum atomic E-state index is 12.0. The Morgan fingerprint density at radius 1 is 1.11 bits per heavy atom. The van der Waals surface area contributed by atoms with Crippen LogP contribution in [0.2, 0.25) is 0 Å². The normalized spacial score (nSPS) is 12.2. The molecule has 0 aromatic carbocycles. The second-order valence-electron chi connectivity index (χ2n) is 3.49. The highest BCUT2D eigenvalue weighted by Gasteiger charge is 2.28. The Morgan fingerprint density at radius 3 is 2.06 bits per heavy atom. The summed E-state index contributed by atoms with van der Waals surface area (Å²) in [6.45, 7) is -1.31. The average Bonchev–Trinajstić information content (AvgIpc) is 2.96. The molecule has 2 aromatic rings. The second-order valence-corrected chi connectivity index (χ2v) is 5.44. The Balaban J connectivity index is 2.03. The van der Waals surface area contributed by atoms with E-state index in [1.807, 2.05) is 35.0 Å². The molecule has 2 aromatic heterocycles. The maximum Gasteiger partial charge on any atom is 0.413 e. The molecule has 0 spiro atoms. The predicted octanol–water partition coefficient (Wildman–Crippen LogP) is 3.98. The van der Waals surface area contributed by atoms with E-state index in [4.69, 9.17) is 0 Å². The van der Waals surface area contributed by atoms with Crippen LogP contribution < -0.4 is 5.48 Å². The highest BCUT2D eigenvalue weighted by molar-refractivity contribution is 7.11. The lowest BCUT2D eigenvalue weighted by molar-refractivity contribution is -0.191. The second kappa shape index (κ2) is 5.83. The zero-order valence-electron chi connectivity index (χ0n) is 9.11. The third-order valence-corrected chi connectivity index (χ3v) is 3.97. The number of hydrogen-bond acceptors (Lipinski definition) is 4. The van der Waals surface area contributed by atoms with Gasteiger partial charge in [0.15, 0.2) is 6.61 Å². The lowest BCUT2D eigenvalue weighted by Crippen LogP contribution is -2.27. The monoisotopic (exact) mass is 293 g/mol. The predicted molar refractivity (Wildman–Crippen MR) is 65.6 cm³/mol. The third-order valence-electron chi connectivity index (χ3n) is 2.09. The molecular weight excluding hydrogens is 283 g/mol. The highest BCUT2D eigenvalue weighted by atomic mass is 32.1. The molecule has 2 rings (SSSR count). The minimum atomic E-state index is -4.33. The molecule has 0 radical (unpaired) electrons. The highest BCUT2D eigenvalue weighted by Crippen LogP contribution is 2.29. The van der Waals surface area contributed by atoms with Crippen LogP contribution in [-0.2, 0) is 4.84 Å². The van der Waals surface area contributed by atoms with E-state index in [2.05, 4.69) is 10.3 Å². The summed E-state index contributed by atoms with van der Waals surface area (Å²) in [5.74, 6) is 0. The molecule has 98 valence electrons. The van der Waals surface area contributed by atoms with Crippen molar-refractivity contribution in [3.8, 4) is 0 Å². The van der Waals surface area contributed by atoms with Crippen LogP contribution in [0.3, 0.4) is 0 Å². The molecule has 0 aliphatic carbocycles. The molecule has 0 bridgehead atoms. The van der Waals surface area contributed by atoms with Crippen molar-refractivity contribution in [1.29, 1.82) is 0 Å². The van der Waals surface area contributed by atoms with Crippen molar-refractivity contribution < 1.29 is 18.0 Å². The van der Waals surface area contributed by atoms with Crippen LogP contribution >= 0.6 is 22.7 Å². The Morgan fingerprint density at radius 2 is 1.67 bits per heavy atom. The van der Waals surface area contributed by atoms with Gasteiger partial charge in [-0.25, -0.2) is 0 Å². The molecule has 7 heteroatoms. The zero-order chi connectivity index (χ0) is 13.0. The summed E-state index contributed by atoms with van der Waals surface area (Å²) >= 11 is 2.94. The molecule has 0 unspecified atom stereocenters. The summed E-state index contributed by atoms with van der Waals surface area (Å²) in [5.41, 5.74) is 2.48. The van der Waals surface area contributed by atoms with Crippen LogP contribution in [0.5, 0.6) is 0 Å². The first-order valence-corrected chi connectivity index (χ1v) is 6.83. The van der Waals surface area contributed by atoms with Crippen molar-refractivity contribution in [3.63, 3.8) is 0 Å². The first-order valence-electron chi connectivity index (χ1n) is 5.07. The van der Waals surface area contributed by atoms with Crippen molar-refractivity contribution in [1.82, 2.24) is 5.48 Å². The summed E-state index contributed by atoms with van der Waals surface area (Å²) in [6, 6.07) is 7.07. The van der Waals surface area contributed by atoms with E-state index in [-0.39, 0.29) is 6.04 Å². The number of hydrogen-bond donors (Lipinski definition) is 1. The number of alkyl halides is 3. The van der Waals surface area contributed by atoms with E-state index in [1.165, 1.54) is 22.7 Å². The minimum absolute atomic E-state index is 0.354. The van der Waals surface area contributed by atoms with E-state index < -0.39 is 12.8 Å². The molecule has 0 saturated heterocycles. The van der Waals surface area contributed by atoms with E-state index in [9.17, 15) is 13.2 Å². The van der Waals surface area contributed by atoms with Crippen molar-refractivity contribution >= 4 is 22.7 Å². The van der Waals surface area contributed by atoms with Crippen LogP contribution in [0.25, 0.3) is 0 Å². The molecular formula is C11H10F3NOS2. The smallest absolute Gasteiger partial charge is 0.291 e. The molecule has 0 aliphatic heterocycles. The van der Waals surface area contributed by atoms with Crippen molar-refractivity contribution in [2.45, 2.75) is 12.2 Å². The lowest BCUT2D eigenvalue weighted by Gasteiger charge is -2.16. The van der Waals surface area contributed by atoms with Crippen LogP contribution in [0.4, 0.5) is 13.2 Å². The molecule has 2 nitrogen and oxygen atoms in total. The number of rotatable bonds is 5. The third kappa shape index (κ3) is 3.81. The topological polar surface area (TPSA) is 21.3 Å². The van der Waals surface area contributed by atoms with Gasteiger partial charge in [0.25, 0.3) is 0 Å². The van der Waals surface area contributed by atoms with Crippen molar-refractivity contribution in [2.75, 3.05) is 6.61 Å². The summed E-state index contributed by atoms with van der Waals surface area (Å²) in [7, 11) is 0. The van der Waals surface area contributed by atoms with Crippen LogP contribution in [0, 0.1) is 0 Å². The number of nitrogens with one attached hydrogen (secondary N) is 1. The van der Waals surface area contributed by atoms with E-state index in [1.54, 1.807) is 0 Å². The standard InChI is InChI=1S/C11H10F3NOS2/c12-11(13,14)7-16-15-10(8-3-1-5-17-8)9-4-2-6-18-9/h1-6,10,15H,7H2. The Hall–Kier alpha value is -0.890. The Bertz CT molecular complexity index is 419. The minimum Gasteiger partial charge on any atom is -0.291 e. The first-order chi connectivity index (χ1) is 8.56. The van der Waals surface area contributed by atoms with Crippen molar-refractivity contribution in [2.24, 2.45) is 0 Å². The molecule has 1 N–H and O–H groups in total. The SMILES string of the molecule is FC(F)(F)CONC(c1cccs1)c1cccs1. The van der Waals surface area contributed by atoms with Crippen LogP contribution in [0.1, 0.15) is 15.8 Å². The van der Waals surface area contributed by atoms with Gasteiger partial charge in [-0.3, -0.25) is 4.84 Å². The summed E-state index contributed by atoms with van der Waals surface area (Å²) in [4.78, 5) is 6.38. The quantitative estimate of drug-likeness (QED) is 0.842. The van der Waals surface area contributed by atoms with Crippen LogP contribution in [-0.4, -0.2) is 12.8 Å². The Labute approximate surface area is 110 Å². The summed E-state index contributed by atoms with van der Waals surface area (Å²) in [5, 5.41) is 3.75.